The van der Waals surface area contributed by atoms with Gasteiger partial charge in [-0.1, -0.05) is 0 Å². The van der Waals surface area contributed by atoms with E-state index in [1.54, 1.807) is 0 Å². The number of carbonyl (C=O) groups is 1. The zero-order valence-electron chi connectivity index (χ0n) is 4.84. The van der Waals surface area contributed by atoms with Crippen LogP contribution in [0.3, 0.4) is 0 Å². The third kappa shape index (κ3) is 5.62. The molecular formula is C4H8O3S. The molecule has 0 aliphatic heterocycles. The SMILES string of the molecule is CC(=O)OCS(C)=O. The first-order valence-corrected chi connectivity index (χ1v) is 3.79. The average molecular weight is 136 g/mol. The van der Waals surface area contributed by atoms with E-state index in [9.17, 15) is 9.00 Å². The van der Waals surface area contributed by atoms with Crippen LogP contribution in [0.15, 0.2) is 0 Å². The standard InChI is InChI=1S/C4H8O3S/c1-4(5)7-3-8(2)6/h3H2,1-2H3. The lowest BCUT2D eigenvalue weighted by atomic mass is 10.8. The predicted molar refractivity (Wildman–Crippen MR) is 30.7 cm³/mol. The molecule has 0 aromatic heterocycles. The van der Waals surface area contributed by atoms with E-state index in [1.165, 1.54) is 13.2 Å². The highest BCUT2D eigenvalue weighted by Gasteiger charge is 1.92. The monoisotopic (exact) mass is 136 g/mol. The van der Waals surface area contributed by atoms with Gasteiger partial charge in [0.05, 0.1) is 10.8 Å². The maximum atomic E-state index is 10.2. The second-order valence-electron chi connectivity index (χ2n) is 1.33. The fourth-order valence-electron chi connectivity index (χ4n) is 0.166. The van der Waals surface area contributed by atoms with E-state index in [1.807, 2.05) is 0 Å². The molecule has 0 aromatic carbocycles. The molecule has 1 atom stereocenters. The largest absolute Gasteiger partial charge is 0.452 e. The minimum Gasteiger partial charge on any atom is -0.452 e. The Kier molecular flexibility index (Phi) is 3.43. The van der Waals surface area contributed by atoms with Crippen molar-refractivity contribution >= 4 is 16.8 Å². The van der Waals surface area contributed by atoms with Gasteiger partial charge in [0.1, 0.15) is 0 Å². The fraction of sp³-hybridized carbons (Fsp3) is 0.750. The first-order chi connectivity index (χ1) is 3.63. The first kappa shape index (κ1) is 7.62. The Balaban J connectivity index is 3.18. The van der Waals surface area contributed by atoms with Gasteiger partial charge in [0.15, 0.2) is 5.94 Å². The van der Waals surface area contributed by atoms with Crippen LogP contribution in [0.4, 0.5) is 0 Å². The molecule has 0 fully saturated rings. The van der Waals surface area contributed by atoms with E-state index in [0.717, 1.165) is 0 Å². The molecule has 0 aliphatic rings. The Labute approximate surface area is 50.5 Å². The molecule has 0 aromatic rings. The van der Waals surface area contributed by atoms with Crippen molar-refractivity contribution in [3.05, 3.63) is 0 Å². The summed E-state index contributed by atoms with van der Waals surface area (Å²) < 4.78 is 14.5. The van der Waals surface area contributed by atoms with Crippen molar-refractivity contribution in [1.82, 2.24) is 0 Å². The number of hydrogen-bond donors (Lipinski definition) is 0. The summed E-state index contributed by atoms with van der Waals surface area (Å²) in [7, 11) is -1.03. The molecule has 0 saturated heterocycles. The van der Waals surface area contributed by atoms with Crippen LogP contribution in [-0.2, 0) is 20.3 Å². The first-order valence-electron chi connectivity index (χ1n) is 2.06. The molecular weight excluding hydrogens is 128 g/mol. The molecule has 4 heteroatoms. The second kappa shape index (κ2) is 3.60. The lowest BCUT2D eigenvalue weighted by molar-refractivity contribution is -0.138. The molecule has 48 valence electrons. The summed E-state index contributed by atoms with van der Waals surface area (Å²) in [5.41, 5.74) is 0. The Morgan fingerprint density at radius 2 is 2.25 bits per heavy atom. The molecule has 8 heavy (non-hydrogen) atoms. The number of ether oxygens (including phenoxy) is 1. The van der Waals surface area contributed by atoms with Gasteiger partial charge in [0.2, 0.25) is 0 Å². The van der Waals surface area contributed by atoms with Gasteiger partial charge in [0.25, 0.3) is 0 Å². The summed E-state index contributed by atoms with van der Waals surface area (Å²) in [5.74, 6) is -0.379. The van der Waals surface area contributed by atoms with Crippen molar-refractivity contribution in [2.24, 2.45) is 0 Å². The molecule has 0 amide bonds. The van der Waals surface area contributed by atoms with Crippen LogP contribution >= 0.6 is 0 Å². The van der Waals surface area contributed by atoms with E-state index < -0.39 is 10.8 Å². The summed E-state index contributed by atoms with van der Waals surface area (Å²) in [4.78, 5) is 9.99. The highest BCUT2D eigenvalue weighted by molar-refractivity contribution is 7.84. The van der Waals surface area contributed by atoms with Gasteiger partial charge < -0.3 is 4.74 Å². The fourth-order valence-corrected chi connectivity index (χ4v) is 0.498. The summed E-state index contributed by atoms with van der Waals surface area (Å²) in [6, 6.07) is 0. The lowest BCUT2D eigenvalue weighted by Gasteiger charge is -1.94. The van der Waals surface area contributed by atoms with E-state index >= 15 is 0 Å². The second-order valence-corrected chi connectivity index (χ2v) is 2.71. The van der Waals surface area contributed by atoms with E-state index in [-0.39, 0.29) is 11.9 Å². The quantitative estimate of drug-likeness (QED) is 0.497. The molecule has 0 N–H and O–H groups in total. The van der Waals surface area contributed by atoms with Crippen LogP contribution in [0.5, 0.6) is 0 Å². The maximum absolute atomic E-state index is 10.2. The summed E-state index contributed by atoms with van der Waals surface area (Å²) in [6.07, 6.45) is 1.48. The topological polar surface area (TPSA) is 43.4 Å². The van der Waals surface area contributed by atoms with Crippen LogP contribution in [0.1, 0.15) is 6.92 Å². The third-order valence-corrected chi connectivity index (χ3v) is 0.878. The molecule has 0 radical (unpaired) electrons. The number of carbonyl (C=O) groups excluding carboxylic acids is 1. The third-order valence-electron chi connectivity index (χ3n) is 0.428. The summed E-state index contributed by atoms with van der Waals surface area (Å²) in [5, 5.41) is 0. The molecule has 3 nitrogen and oxygen atoms in total. The van der Waals surface area contributed by atoms with Crippen molar-refractivity contribution in [1.29, 1.82) is 0 Å². The van der Waals surface area contributed by atoms with Crippen LogP contribution in [0.25, 0.3) is 0 Å². The average Bonchev–Trinajstić information content (AvgIpc) is 1.61. The Morgan fingerprint density at radius 1 is 1.75 bits per heavy atom. The number of rotatable bonds is 2. The predicted octanol–water partition coefficient (Wildman–Crippen LogP) is -0.115. The minimum absolute atomic E-state index is 0.00926. The summed E-state index contributed by atoms with van der Waals surface area (Å²) in [6.45, 7) is 1.28. The van der Waals surface area contributed by atoms with E-state index in [2.05, 4.69) is 4.74 Å². The molecule has 0 spiro atoms. The van der Waals surface area contributed by atoms with E-state index in [0.29, 0.717) is 0 Å². The number of esters is 1. The lowest BCUT2D eigenvalue weighted by Crippen LogP contribution is -2.04. The van der Waals surface area contributed by atoms with Crippen LogP contribution in [-0.4, -0.2) is 22.4 Å². The van der Waals surface area contributed by atoms with Crippen molar-refractivity contribution in [2.75, 3.05) is 12.2 Å². The Morgan fingerprint density at radius 3 is 2.38 bits per heavy atom. The minimum atomic E-state index is -1.03. The van der Waals surface area contributed by atoms with Crippen LogP contribution in [0.2, 0.25) is 0 Å². The summed E-state index contributed by atoms with van der Waals surface area (Å²) >= 11 is 0. The van der Waals surface area contributed by atoms with Gasteiger partial charge in [-0.2, -0.15) is 0 Å². The number of hydrogen-bond acceptors (Lipinski definition) is 3. The van der Waals surface area contributed by atoms with Gasteiger partial charge in [0, 0.05) is 13.2 Å². The molecule has 0 rings (SSSR count). The molecule has 0 aliphatic carbocycles. The van der Waals surface area contributed by atoms with Gasteiger partial charge in [-0.3, -0.25) is 9.00 Å². The highest BCUT2D eigenvalue weighted by atomic mass is 32.2. The normalized spacial score (nSPS) is 12.8. The zero-order chi connectivity index (χ0) is 6.57. The van der Waals surface area contributed by atoms with Crippen LogP contribution in [0, 0.1) is 0 Å². The van der Waals surface area contributed by atoms with Gasteiger partial charge in [-0.05, 0) is 0 Å². The maximum Gasteiger partial charge on any atom is 0.303 e. The molecule has 0 bridgehead atoms. The van der Waals surface area contributed by atoms with Crippen molar-refractivity contribution in [2.45, 2.75) is 6.92 Å². The highest BCUT2D eigenvalue weighted by Crippen LogP contribution is 1.78. The smallest absolute Gasteiger partial charge is 0.303 e. The van der Waals surface area contributed by atoms with Crippen molar-refractivity contribution in [3.63, 3.8) is 0 Å². The van der Waals surface area contributed by atoms with Crippen molar-refractivity contribution in [3.8, 4) is 0 Å². The van der Waals surface area contributed by atoms with Crippen molar-refractivity contribution < 1.29 is 13.7 Å². The molecule has 0 saturated carbocycles. The Bertz CT molecular complexity index is 95.9. The molecule has 0 heterocycles. The Hall–Kier alpha value is -0.380. The van der Waals surface area contributed by atoms with E-state index in [4.69, 9.17) is 0 Å². The van der Waals surface area contributed by atoms with Gasteiger partial charge >= 0.3 is 5.97 Å². The molecule has 1 unspecified atom stereocenters. The van der Waals surface area contributed by atoms with Gasteiger partial charge in [-0.15, -0.1) is 0 Å². The van der Waals surface area contributed by atoms with Crippen LogP contribution < -0.4 is 0 Å². The van der Waals surface area contributed by atoms with Gasteiger partial charge in [-0.25, -0.2) is 0 Å². The zero-order valence-corrected chi connectivity index (χ0v) is 5.66.